The van der Waals surface area contributed by atoms with E-state index < -0.39 is 0 Å². The predicted molar refractivity (Wildman–Crippen MR) is 71.2 cm³/mol. The minimum absolute atomic E-state index is 0.764. The van der Waals surface area contributed by atoms with Crippen LogP contribution in [0.15, 0.2) is 29.9 Å². The van der Waals surface area contributed by atoms with Gasteiger partial charge in [-0.25, -0.2) is 9.97 Å². The first kappa shape index (κ1) is 10.1. The summed E-state index contributed by atoms with van der Waals surface area (Å²) in [6, 6.07) is 4.13. The van der Waals surface area contributed by atoms with Crippen molar-refractivity contribution in [3.05, 3.63) is 41.2 Å². The fourth-order valence-electron chi connectivity index (χ4n) is 2.17. The molecule has 0 spiro atoms. The van der Waals surface area contributed by atoms with E-state index in [0.29, 0.717) is 0 Å². The van der Waals surface area contributed by atoms with Gasteiger partial charge in [0.05, 0.1) is 15.9 Å². The number of thiophene rings is 1. The maximum atomic E-state index is 4.61. The van der Waals surface area contributed by atoms with E-state index in [0.717, 1.165) is 35.7 Å². The largest absolute Gasteiger partial charge is 0.307 e. The number of aromatic nitrogens is 3. The van der Waals surface area contributed by atoms with Crippen LogP contribution in [0.1, 0.15) is 11.3 Å². The van der Waals surface area contributed by atoms with Crippen molar-refractivity contribution in [2.75, 3.05) is 0 Å². The summed E-state index contributed by atoms with van der Waals surface area (Å²) in [5.74, 6) is 0.764. The zero-order chi connectivity index (χ0) is 11.9. The summed E-state index contributed by atoms with van der Waals surface area (Å²) in [7, 11) is 0. The molecule has 0 aliphatic carbocycles. The molecule has 0 unspecified atom stereocenters. The number of hydrogen-bond donors (Lipinski definition) is 1. The molecule has 18 heavy (non-hydrogen) atoms. The fourth-order valence-corrected chi connectivity index (χ4v) is 2.95. The SMILES string of the molecule is c1cc2ncc(-c3ncc4c(n3)CNC4)cc2s1. The number of hydrogen-bond acceptors (Lipinski definition) is 5. The summed E-state index contributed by atoms with van der Waals surface area (Å²) < 4.78 is 1.18. The van der Waals surface area contributed by atoms with Gasteiger partial charge in [-0.15, -0.1) is 11.3 Å². The minimum Gasteiger partial charge on any atom is -0.307 e. The molecule has 0 saturated heterocycles. The van der Waals surface area contributed by atoms with Crippen LogP contribution in [0.3, 0.4) is 0 Å². The monoisotopic (exact) mass is 254 g/mol. The van der Waals surface area contributed by atoms with Crippen LogP contribution < -0.4 is 5.32 Å². The van der Waals surface area contributed by atoms with Gasteiger partial charge in [0.25, 0.3) is 0 Å². The molecule has 4 rings (SSSR count). The maximum Gasteiger partial charge on any atom is 0.161 e. The summed E-state index contributed by atoms with van der Waals surface area (Å²) in [5.41, 5.74) is 4.32. The molecule has 0 atom stereocenters. The molecule has 0 amide bonds. The zero-order valence-corrected chi connectivity index (χ0v) is 10.4. The lowest BCUT2D eigenvalue weighted by atomic mass is 10.2. The lowest BCUT2D eigenvalue weighted by Crippen LogP contribution is -2.00. The molecule has 1 N–H and O–H groups in total. The normalized spacial score (nSPS) is 14.0. The molecule has 0 saturated carbocycles. The third-order valence-electron chi connectivity index (χ3n) is 3.12. The highest BCUT2D eigenvalue weighted by Gasteiger charge is 2.14. The van der Waals surface area contributed by atoms with Crippen LogP contribution in [0.5, 0.6) is 0 Å². The molecule has 0 aromatic carbocycles. The summed E-state index contributed by atoms with van der Waals surface area (Å²) in [5, 5.41) is 5.33. The number of rotatable bonds is 1. The molecule has 1 aliphatic rings. The molecule has 0 fully saturated rings. The summed E-state index contributed by atoms with van der Waals surface area (Å²) in [6.07, 6.45) is 3.76. The maximum absolute atomic E-state index is 4.61. The van der Waals surface area contributed by atoms with Crippen LogP contribution in [0.4, 0.5) is 0 Å². The van der Waals surface area contributed by atoms with Crippen molar-refractivity contribution in [1.29, 1.82) is 0 Å². The molecule has 0 radical (unpaired) electrons. The number of pyridine rings is 1. The summed E-state index contributed by atoms with van der Waals surface area (Å²) in [6.45, 7) is 1.71. The van der Waals surface area contributed by atoms with E-state index in [2.05, 4.69) is 31.7 Å². The third kappa shape index (κ3) is 1.52. The minimum atomic E-state index is 0.764. The zero-order valence-electron chi connectivity index (χ0n) is 9.55. The Labute approximate surface area is 108 Å². The highest BCUT2D eigenvalue weighted by molar-refractivity contribution is 7.17. The van der Waals surface area contributed by atoms with Crippen molar-refractivity contribution in [3.8, 4) is 11.4 Å². The van der Waals surface area contributed by atoms with E-state index in [4.69, 9.17) is 0 Å². The van der Waals surface area contributed by atoms with Gasteiger partial charge >= 0.3 is 0 Å². The Hall–Kier alpha value is -1.85. The van der Waals surface area contributed by atoms with E-state index in [-0.39, 0.29) is 0 Å². The first-order valence-electron chi connectivity index (χ1n) is 5.79. The topological polar surface area (TPSA) is 50.7 Å². The number of nitrogens with one attached hydrogen (secondary N) is 1. The van der Waals surface area contributed by atoms with Crippen molar-refractivity contribution in [3.63, 3.8) is 0 Å². The summed E-state index contributed by atoms with van der Waals surface area (Å²) >= 11 is 1.69. The van der Waals surface area contributed by atoms with Crippen molar-refractivity contribution in [2.45, 2.75) is 13.1 Å². The molecule has 3 aromatic heterocycles. The molecule has 5 heteroatoms. The van der Waals surface area contributed by atoms with Gasteiger partial charge in [0.2, 0.25) is 0 Å². The molecule has 4 nitrogen and oxygen atoms in total. The Morgan fingerprint density at radius 1 is 1.17 bits per heavy atom. The van der Waals surface area contributed by atoms with Gasteiger partial charge in [-0.2, -0.15) is 0 Å². The Bertz CT molecular complexity index is 735. The van der Waals surface area contributed by atoms with Crippen LogP contribution in [0, 0.1) is 0 Å². The van der Waals surface area contributed by atoms with Crippen molar-refractivity contribution in [2.24, 2.45) is 0 Å². The van der Waals surface area contributed by atoms with E-state index in [1.807, 2.05) is 18.5 Å². The second-order valence-corrected chi connectivity index (χ2v) is 5.24. The standard InChI is InChI=1S/C13H10N4S/c1-2-18-12-3-8(5-15-10(1)12)13-16-6-9-4-14-7-11(9)17-13/h1-3,5-6,14H,4,7H2. The third-order valence-corrected chi connectivity index (χ3v) is 3.98. The van der Waals surface area contributed by atoms with Crippen LogP contribution >= 0.6 is 11.3 Å². The van der Waals surface area contributed by atoms with Gasteiger partial charge in [-0.1, -0.05) is 0 Å². The fraction of sp³-hybridized carbons (Fsp3) is 0.154. The second-order valence-electron chi connectivity index (χ2n) is 4.30. The average molecular weight is 254 g/mol. The summed E-state index contributed by atoms with van der Waals surface area (Å²) in [4.78, 5) is 13.5. The average Bonchev–Trinajstić information content (AvgIpc) is 3.05. The molecule has 3 aromatic rings. The Morgan fingerprint density at radius 3 is 3.17 bits per heavy atom. The Balaban J connectivity index is 1.86. The van der Waals surface area contributed by atoms with Gasteiger partial charge in [0.1, 0.15) is 0 Å². The highest BCUT2D eigenvalue weighted by atomic mass is 32.1. The molecule has 88 valence electrons. The molecular formula is C13H10N4S. The smallest absolute Gasteiger partial charge is 0.161 e. The van der Waals surface area contributed by atoms with Gasteiger partial charge in [-0.3, -0.25) is 4.98 Å². The van der Waals surface area contributed by atoms with Crippen LogP contribution in [-0.2, 0) is 13.1 Å². The van der Waals surface area contributed by atoms with E-state index >= 15 is 0 Å². The van der Waals surface area contributed by atoms with E-state index in [1.165, 1.54) is 10.3 Å². The van der Waals surface area contributed by atoms with Crippen molar-refractivity contribution >= 4 is 21.6 Å². The van der Waals surface area contributed by atoms with Gasteiger partial charge in [-0.05, 0) is 17.5 Å². The Kier molecular flexibility index (Phi) is 2.15. The predicted octanol–water partition coefficient (Wildman–Crippen LogP) is 2.36. The molecule has 4 heterocycles. The van der Waals surface area contributed by atoms with E-state index in [9.17, 15) is 0 Å². The quantitative estimate of drug-likeness (QED) is 0.724. The first-order valence-corrected chi connectivity index (χ1v) is 6.67. The molecular weight excluding hydrogens is 244 g/mol. The lowest BCUT2D eigenvalue weighted by Gasteiger charge is -2.02. The van der Waals surface area contributed by atoms with Gasteiger partial charge in [0, 0.05) is 36.6 Å². The number of nitrogens with zero attached hydrogens (tertiary/aromatic N) is 3. The lowest BCUT2D eigenvalue weighted by molar-refractivity contribution is 0.758. The van der Waals surface area contributed by atoms with Crippen LogP contribution in [0.2, 0.25) is 0 Å². The number of fused-ring (bicyclic) bond motifs is 2. The van der Waals surface area contributed by atoms with Gasteiger partial charge < -0.3 is 5.32 Å². The Morgan fingerprint density at radius 2 is 2.17 bits per heavy atom. The van der Waals surface area contributed by atoms with Gasteiger partial charge in [0.15, 0.2) is 5.82 Å². The van der Waals surface area contributed by atoms with Crippen LogP contribution in [-0.4, -0.2) is 15.0 Å². The second kappa shape index (κ2) is 3.83. The van der Waals surface area contributed by atoms with Crippen LogP contribution in [0.25, 0.3) is 21.6 Å². The first-order chi connectivity index (χ1) is 8.90. The highest BCUT2D eigenvalue weighted by Crippen LogP contribution is 2.24. The van der Waals surface area contributed by atoms with E-state index in [1.54, 1.807) is 11.3 Å². The van der Waals surface area contributed by atoms with Crippen molar-refractivity contribution < 1.29 is 0 Å². The van der Waals surface area contributed by atoms with Crippen molar-refractivity contribution in [1.82, 2.24) is 20.3 Å². The molecule has 1 aliphatic heterocycles. The molecule has 0 bridgehead atoms.